The molecule has 2 heterocycles. The minimum atomic E-state index is -0.452. The molecule has 1 N–H and O–H groups in total. The topological polar surface area (TPSA) is 60.9 Å². The Hall–Kier alpha value is -2.04. The van der Waals surface area contributed by atoms with Crippen LogP contribution in [0.4, 0.5) is 0 Å². The van der Waals surface area contributed by atoms with Gasteiger partial charge in [-0.1, -0.05) is 41.5 Å². The van der Waals surface area contributed by atoms with Crippen LogP contribution >= 0.6 is 0 Å². The lowest BCUT2D eigenvalue weighted by molar-refractivity contribution is -0.141. The minimum absolute atomic E-state index is 0.0490. The maximum atomic E-state index is 13.5. The maximum absolute atomic E-state index is 13.5. The van der Waals surface area contributed by atoms with E-state index in [1.54, 1.807) is 4.90 Å². The number of hydrogen-bond donors (Lipinski definition) is 1. The molecule has 28 heavy (non-hydrogen) atoms. The lowest BCUT2D eigenvalue weighted by Crippen LogP contribution is -2.60. The molecule has 154 valence electrons. The predicted molar refractivity (Wildman–Crippen MR) is 111 cm³/mol. The Kier molecular flexibility index (Phi) is 5.01. The van der Waals surface area contributed by atoms with E-state index < -0.39 is 6.04 Å². The predicted octanol–water partition coefficient (Wildman–Crippen LogP) is 3.82. The molecule has 0 bridgehead atoms. The van der Waals surface area contributed by atoms with Crippen LogP contribution in [0.1, 0.15) is 82.8 Å². The summed E-state index contributed by atoms with van der Waals surface area (Å²) < 4.78 is 0. The van der Waals surface area contributed by atoms with E-state index >= 15 is 0 Å². The number of rotatable bonds is 1. The number of phenolic OH excluding ortho intramolecular Hbond substituents is 1. The van der Waals surface area contributed by atoms with Crippen LogP contribution < -0.4 is 0 Å². The van der Waals surface area contributed by atoms with Gasteiger partial charge in [0.25, 0.3) is 5.91 Å². The van der Waals surface area contributed by atoms with Crippen molar-refractivity contribution in [3.8, 4) is 5.75 Å². The van der Waals surface area contributed by atoms with E-state index in [4.69, 9.17) is 0 Å². The Bertz CT molecular complexity index is 766. The van der Waals surface area contributed by atoms with E-state index in [9.17, 15) is 14.7 Å². The molecule has 2 fully saturated rings. The zero-order chi connectivity index (χ0) is 21.0. The molecule has 0 aromatic heterocycles. The third kappa shape index (κ3) is 3.51. The highest BCUT2D eigenvalue weighted by Crippen LogP contribution is 2.40. The lowest BCUT2D eigenvalue weighted by atomic mass is 9.78. The quantitative estimate of drug-likeness (QED) is 0.798. The number of fused-ring (bicyclic) bond motifs is 1. The third-order valence-corrected chi connectivity index (χ3v) is 6.13. The average Bonchev–Trinajstić information content (AvgIpc) is 3.04. The summed E-state index contributed by atoms with van der Waals surface area (Å²) in [6, 6.07) is 3.30. The number of amides is 2. The number of carbonyl (C=O) groups excluding carboxylic acids is 2. The van der Waals surface area contributed by atoms with Crippen LogP contribution in [0.5, 0.6) is 5.75 Å². The van der Waals surface area contributed by atoms with Gasteiger partial charge in [-0.2, -0.15) is 0 Å². The summed E-state index contributed by atoms with van der Waals surface area (Å²) in [7, 11) is 0. The van der Waals surface area contributed by atoms with Gasteiger partial charge in [-0.15, -0.1) is 0 Å². The molecule has 5 heteroatoms. The number of benzene rings is 1. The summed E-state index contributed by atoms with van der Waals surface area (Å²) in [5, 5.41) is 10.9. The number of phenols is 1. The van der Waals surface area contributed by atoms with Gasteiger partial charge in [0, 0.05) is 35.8 Å². The third-order valence-electron chi connectivity index (χ3n) is 6.13. The first kappa shape index (κ1) is 20.7. The summed E-state index contributed by atoms with van der Waals surface area (Å²) >= 11 is 0. The number of aromatic hydroxyl groups is 1. The normalized spacial score (nSPS) is 23.2. The molecule has 2 aliphatic rings. The molecule has 3 rings (SSSR count). The van der Waals surface area contributed by atoms with E-state index in [0.29, 0.717) is 12.1 Å². The van der Waals surface area contributed by atoms with Gasteiger partial charge in [-0.3, -0.25) is 9.59 Å². The highest BCUT2D eigenvalue weighted by atomic mass is 16.3. The first-order chi connectivity index (χ1) is 12.8. The van der Waals surface area contributed by atoms with E-state index in [1.165, 1.54) is 0 Å². The molecule has 0 aliphatic carbocycles. The molecule has 0 saturated carbocycles. The summed E-state index contributed by atoms with van der Waals surface area (Å²) in [5.74, 6) is 0.192. The van der Waals surface area contributed by atoms with Crippen LogP contribution in [0.2, 0.25) is 0 Å². The second-order valence-electron chi connectivity index (χ2n) is 10.4. The fourth-order valence-corrected chi connectivity index (χ4v) is 4.40. The van der Waals surface area contributed by atoms with Crippen LogP contribution in [0.3, 0.4) is 0 Å². The monoisotopic (exact) mass is 386 g/mol. The Balaban J connectivity index is 2.05. The number of hydrogen-bond acceptors (Lipinski definition) is 3. The molecule has 2 aliphatic heterocycles. The molecular formula is C23H34N2O3. The smallest absolute Gasteiger partial charge is 0.254 e. The summed E-state index contributed by atoms with van der Waals surface area (Å²) in [5.41, 5.74) is 1.49. The molecule has 1 aromatic carbocycles. The number of nitrogens with zero attached hydrogens (tertiary/aromatic N) is 2. The van der Waals surface area contributed by atoms with E-state index in [0.717, 1.165) is 30.5 Å². The van der Waals surface area contributed by atoms with Crippen molar-refractivity contribution in [1.29, 1.82) is 0 Å². The fourth-order valence-electron chi connectivity index (χ4n) is 4.40. The van der Waals surface area contributed by atoms with Gasteiger partial charge in [0.15, 0.2) is 0 Å². The molecular weight excluding hydrogens is 352 g/mol. The molecule has 0 radical (unpaired) electrons. The summed E-state index contributed by atoms with van der Waals surface area (Å²) in [6.07, 6.45) is 1.96. The van der Waals surface area contributed by atoms with E-state index in [-0.39, 0.29) is 34.4 Å². The largest absolute Gasteiger partial charge is 0.507 e. The SMILES string of the molecule is C[C@@H]1C(=O)N2CCC[C@@H]2CN1C(=O)c1cc(C(C)(C)C)c(O)c(C(C)(C)C)c1. The molecule has 2 atom stereocenters. The molecule has 2 amide bonds. The van der Waals surface area contributed by atoms with Crippen molar-refractivity contribution in [3.63, 3.8) is 0 Å². The average molecular weight is 387 g/mol. The van der Waals surface area contributed by atoms with Gasteiger partial charge in [-0.05, 0) is 42.7 Å². The van der Waals surface area contributed by atoms with Crippen LogP contribution in [0.15, 0.2) is 12.1 Å². The highest BCUT2D eigenvalue weighted by molar-refractivity contribution is 5.99. The molecule has 5 nitrogen and oxygen atoms in total. The first-order valence-corrected chi connectivity index (χ1v) is 10.3. The highest BCUT2D eigenvalue weighted by Gasteiger charge is 2.42. The summed E-state index contributed by atoms with van der Waals surface area (Å²) in [6.45, 7) is 15.4. The van der Waals surface area contributed by atoms with Gasteiger partial charge in [-0.25, -0.2) is 0 Å². The molecule has 2 saturated heterocycles. The first-order valence-electron chi connectivity index (χ1n) is 10.3. The zero-order valence-corrected chi connectivity index (χ0v) is 18.3. The lowest BCUT2D eigenvalue weighted by Gasteiger charge is -2.41. The van der Waals surface area contributed by atoms with Gasteiger partial charge in [0.05, 0.1) is 0 Å². The Morgan fingerprint density at radius 2 is 1.61 bits per heavy atom. The van der Waals surface area contributed by atoms with Crippen LogP contribution in [-0.2, 0) is 15.6 Å². The van der Waals surface area contributed by atoms with Crippen LogP contribution in [0, 0.1) is 0 Å². The van der Waals surface area contributed by atoms with Gasteiger partial charge >= 0.3 is 0 Å². The second-order valence-corrected chi connectivity index (χ2v) is 10.4. The van der Waals surface area contributed by atoms with Crippen LogP contribution in [0.25, 0.3) is 0 Å². The van der Waals surface area contributed by atoms with Crippen molar-refractivity contribution in [2.45, 2.75) is 84.2 Å². The van der Waals surface area contributed by atoms with Crippen molar-refractivity contribution in [1.82, 2.24) is 9.80 Å². The Morgan fingerprint density at radius 3 is 2.11 bits per heavy atom. The maximum Gasteiger partial charge on any atom is 0.254 e. The van der Waals surface area contributed by atoms with Crippen molar-refractivity contribution in [3.05, 3.63) is 28.8 Å². The Morgan fingerprint density at radius 1 is 1.07 bits per heavy atom. The summed E-state index contributed by atoms with van der Waals surface area (Å²) in [4.78, 5) is 29.9. The van der Waals surface area contributed by atoms with E-state index in [2.05, 4.69) is 0 Å². The standard InChI is InChI=1S/C23H34N2O3/c1-14-20(27)24-10-8-9-16(24)13-25(14)21(28)15-11-17(22(2,3)4)19(26)18(12-15)23(5,6)7/h11-12,14,16,26H,8-10,13H2,1-7H3/t14-,16-/m1/s1. The minimum Gasteiger partial charge on any atom is -0.507 e. The van der Waals surface area contributed by atoms with E-state index in [1.807, 2.05) is 65.5 Å². The molecule has 0 spiro atoms. The molecule has 0 unspecified atom stereocenters. The van der Waals surface area contributed by atoms with Gasteiger partial charge in [0.2, 0.25) is 5.91 Å². The van der Waals surface area contributed by atoms with Gasteiger partial charge < -0.3 is 14.9 Å². The second kappa shape index (κ2) is 6.78. The zero-order valence-electron chi connectivity index (χ0n) is 18.3. The fraction of sp³-hybridized carbons (Fsp3) is 0.652. The van der Waals surface area contributed by atoms with Crippen molar-refractivity contribution in [2.75, 3.05) is 13.1 Å². The number of carbonyl (C=O) groups is 2. The Labute approximate surface area is 168 Å². The van der Waals surface area contributed by atoms with Crippen molar-refractivity contribution in [2.24, 2.45) is 0 Å². The number of piperazine rings is 1. The molecule has 1 aromatic rings. The van der Waals surface area contributed by atoms with Crippen molar-refractivity contribution >= 4 is 11.8 Å². The van der Waals surface area contributed by atoms with Crippen molar-refractivity contribution < 1.29 is 14.7 Å². The van der Waals surface area contributed by atoms with Gasteiger partial charge in [0.1, 0.15) is 11.8 Å². The van der Waals surface area contributed by atoms with Crippen LogP contribution in [-0.4, -0.2) is 51.9 Å².